The normalized spacial score (nSPS) is 20.0. The van der Waals surface area contributed by atoms with E-state index in [2.05, 4.69) is 15.2 Å². The molecule has 1 aromatic rings. The van der Waals surface area contributed by atoms with Crippen LogP contribution in [0.1, 0.15) is 22.5 Å². The van der Waals surface area contributed by atoms with Crippen molar-refractivity contribution < 1.29 is 18.0 Å². The first-order chi connectivity index (χ1) is 9.83. The lowest BCUT2D eigenvalue weighted by atomic mass is 10.1. The largest absolute Gasteiger partial charge is 0.405 e. The Morgan fingerprint density at radius 3 is 3.05 bits per heavy atom. The number of fused-ring (bicyclic) bond motifs is 4. The number of carbonyl (C=O) groups is 1. The van der Waals surface area contributed by atoms with Gasteiger partial charge in [-0.05, 0) is 25.0 Å². The summed E-state index contributed by atoms with van der Waals surface area (Å²) in [6.45, 7) is 2.30. The highest BCUT2D eigenvalue weighted by molar-refractivity contribution is 5.94. The maximum Gasteiger partial charge on any atom is 0.405 e. The summed E-state index contributed by atoms with van der Waals surface area (Å²) in [4.78, 5) is 18.2. The van der Waals surface area contributed by atoms with Crippen LogP contribution in [0.25, 0.3) is 0 Å². The molecule has 114 valence electrons. The summed E-state index contributed by atoms with van der Waals surface area (Å²) < 4.78 is 36.4. The van der Waals surface area contributed by atoms with E-state index in [0.717, 1.165) is 30.8 Å². The van der Waals surface area contributed by atoms with Crippen LogP contribution in [0.3, 0.4) is 0 Å². The number of nitrogens with one attached hydrogen (secondary N) is 2. The molecule has 21 heavy (non-hydrogen) atoms. The van der Waals surface area contributed by atoms with Crippen molar-refractivity contribution in [3.8, 4) is 0 Å². The van der Waals surface area contributed by atoms with E-state index in [4.69, 9.17) is 0 Å². The summed E-state index contributed by atoms with van der Waals surface area (Å²) in [7, 11) is 0. The molecule has 2 aliphatic rings. The third kappa shape index (κ3) is 2.74. The minimum atomic E-state index is -4.43. The average molecular weight is 300 g/mol. The van der Waals surface area contributed by atoms with Crippen molar-refractivity contribution in [2.24, 2.45) is 0 Å². The number of nitrogens with zero attached hydrogens (tertiary/aromatic N) is 2. The number of alkyl halides is 3. The number of anilines is 2. The van der Waals surface area contributed by atoms with Crippen LogP contribution >= 0.6 is 0 Å². The van der Waals surface area contributed by atoms with Crippen LogP contribution in [0.4, 0.5) is 24.7 Å². The quantitative estimate of drug-likeness (QED) is 0.872. The molecule has 0 aliphatic carbocycles. The Morgan fingerprint density at radius 1 is 1.57 bits per heavy atom. The Hall–Kier alpha value is -1.99. The summed E-state index contributed by atoms with van der Waals surface area (Å²) >= 11 is 0. The Labute approximate surface area is 119 Å². The molecule has 3 rings (SSSR count). The fraction of sp³-hybridized carbons (Fsp3) is 0.538. The van der Waals surface area contributed by atoms with Crippen LogP contribution in [0.5, 0.6) is 0 Å². The first kappa shape index (κ1) is 14.0. The standard InChI is InChI=1S/C13H15F3N4O/c1-7-4-9(12(21)17-6-13(14,15)16)19-11-10(7)20-3-2-8(5-20)18-11/h4,8H,2-3,5-6H2,1H3,(H,17,21)(H,18,19)/t8-/m0/s1. The van der Waals surface area contributed by atoms with E-state index in [1.807, 2.05) is 12.2 Å². The number of carbonyl (C=O) groups excluding carboxylic acids is 1. The van der Waals surface area contributed by atoms with Gasteiger partial charge in [-0.2, -0.15) is 13.2 Å². The molecule has 1 aromatic heterocycles. The predicted molar refractivity (Wildman–Crippen MR) is 71.6 cm³/mol. The molecule has 3 heterocycles. The number of hydrogen-bond acceptors (Lipinski definition) is 4. The second-order valence-corrected chi connectivity index (χ2v) is 5.40. The lowest BCUT2D eigenvalue weighted by Crippen LogP contribution is -2.36. The molecule has 8 heteroatoms. The lowest BCUT2D eigenvalue weighted by molar-refractivity contribution is -0.123. The number of amides is 1. The van der Waals surface area contributed by atoms with Gasteiger partial charge in [-0.1, -0.05) is 0 Å². The fourth-order valence-electron chi connectivity index (χ4n) is 2.83. The van der Waals surface area contributed by atoms with E-state index < -0.39 is 18.6 Å². The molecular formula is C13H15F3N4O. The monoisotopic (exact) mass is 300 g/mol. The van der Waals surface area contributed by atoms with Crippen LogP contribution in [0.2, 0.25) is 0 Å². The van der Waals surface area contributed by atoms with E-state index in [1.165, 1.54) is 6.07 Å². The second-order valence-electron chi connectivity index (χ2n) is 5.40. The number of aryl methyl sites for hydroxylation is 1. The van der Waals surface area contributed by atoms with Crippen molar-refractivity contribution in [3.05, 3.63) is 17.3 Å². The number of hydrogen-bond donors (Lipinski definition) is 2. The highest BCUT2D eigenvalue weighted by Gasteiger charge is 2.33. The molecular weight excluding hydrogens is 285 g/mol. The van der Waals surface area contributed by atoms with Gasteiger partial charge in [0.15, 0.2) is 5.82 Å². The van der Waals surface area contributed by atoms with Gasteiger partial charge in [0.25, 0.3) is 5.91 Å². The Bertz CT molecular complexity index is 588. The molecule has 1 amide bonds. The van der Waals surface area contributed by atoms with E-state index >= 15 is 0 Å². The van der Waals surface area contributed by atoms with Crippen molar-refractivity contribution >= 4 is 17.4 Å². The van der Waals surface area contributed by atoms with E-state index in [0.29, 0.717) is 5.82 Å². The van der Waals surface area contributed by atoms with Gasteiger partial charge in [0.05, 0.1) is 5.69 Å². The predicted octanol–water partition coefficient (Wildman–Crippen LogP) is 1.69. The zero-order chi connectivity index (χ0) is 15.2. The smallest absolute Gasteiger partial charge is 0.366 e. The van der Waals surface area contributed by atoms with Crippen LogP contribution in [-0.4, -0.2) is 42.7 Å². The number of pyridine rings is 1. The zero-order valence-electron chi connectivity index (χ0n) is 11.4. The van der Waals surface area contributed by atoms with Gasteiger partial charge in [-0.15, -0.1) is 0 Å². The topological polar surface area (TPSA) is 57.3 Å². The molecule has 1 fully saturated rings. The van der Waals surface area contributed by atoms with Gasteiger partial charge in [-0.25, -0.2) is 4.98 Å². The summed E-state index contributed by atoms with van der Waals surface area (Å²) in [6, 6.07) is 1.82. The van der Waals surface area contributed by atoms with E-state index in [9.17, 15) is 18.0 Å². The van der Waals surface area contributed by atoms with Crippen molar-refractivity contribution in [2.75, 3.05) is 29.9 Å². The minimum Gasteiger partial charge on any atom is -0.366 e. The van der Waals surface area contributed by atoms with Gasteiger partial charge in [0.1, 0.15) is 12.2 Å². The highest BCUT2D eigenvalue weighted by atomic mass is 19.4. The van der Waals surface area contributed by atoms with E-state index in [-0.39, 0.29) is 11.7 Å². The molecule has 2 N–H and O–H groups in total. The van der Waals surface area contributed by atoms with E-state index in [1.54, 1.807) is 0 Å². The van der Waals surface area contributed by atoms with Crippen LogP contribution in [0.15, 0.2) is 6.07 Å². The molecule has 0 spiro atoms. The Morgan fingerprint density at radius 2 is 2.33 bits per heavy atom. The Balaban J connectivity index is 1.84. The molecule has 2 bridgehead atoms. The van der Waals surface area contributed by atoms with Gasteiger partial charge >= 0.3 is 6.18 Å². The first-order valence-corrected chi connectivity index (χ1v) is 6.71. The molecule has 0 radical (unpaired) electrons. The Kier molecular flexibility index (Phi) is 3.18. The molecule has 1 saturated heterocycles. The van der Waals surface area contributed by atoms with Crippen LogP contribution in [-0.2, 0) is 0 Å². The molecule has 0 unspecified atom stereocenters. The maximum atomic E-state index is 12.1. The van der Waals surface area contributed by atoms with Gasteiger partial charge in [0, 0.05) is 19.1 Å². The third-order valence-corrected chi connectivity index (χ3v) is 3.71. The lowest BCUT2D eigenvalue weighted by Gasteiger charge is -2.29. The number of aromatic nitrogens is 1. The number of rotatable bonds is 2. The minimum absolute atomic E-state index is 0.00509. The van der Waals surface area contributed by atoms with Gasteiger partial charge in [-0.3, -0.25) is 4.79 Å². The highest BCUT2D eigenvalue weighted by Crippen LogP contribution is 2.36. The van der Waals surface area contributed by atoms with Crippen LogP contribution < -0.4 is 15.5 Å². The second kappa shape index (κ2) is 4.78. The first-order valence-electron chi connectivity index (χ1n) is 6.71. The number of halogens is 3. The van der Waals surface area contributed by atoms with Crippen molar-refractivity contribution in [2.45, 2.75) is 25.6 Å². The summed E-state index contributed by atoms with van der Waals surface area (Å²) in [6.07, 6.45) is -3.44. The average Bonchev–Trinajstić information content (AvgIpc) is 2.76. The molecule has 0 saturated carbocycles. The molecule has 2 aliphatic heterocycles. The SMILES string of the molecule is Cc1cc(C(=O)NCC(F)(F)F)nc2c1N1CC[C@@H](C1)N2. The van der Waals surface area contributed by atoms with Gasteiger partial charge in [0.2, 0.25) is 0 Å². The summed E-state index contributed by atoms with van der Waals surface area (Å²) in [5.74, 6) is -0.228. The molecule has 1 atom stereocenters. The van der Waals surface area contributed by atoms with Crippen molar-refractivity contribution in [1.29, 1.82) is 0 Å². The zero-order valence-corrected chi connectivity index (χ0v) is 11.4. The third-order valence-electron chi connectivity index (χ3n) is 3.71. The van der Waals surface area contributed by atoms with Gasteiger partial charge < -0.3 is 15.5 Å². The fourth-order valence-corrected chi connectivity index (χ4v) is 2.83. The van der Waals surface area contributed by atoms with Crippen molar-refractivity contribution in [1.82, 2.24) is 10.3 Å². The molecule has 5 nitrogen and oxygen atoms in total. The summed E-state index contributed by atoms with van der Waals surface area (Å²) in [5.41, 5.74) is 1.78. The maximum absolute atomic E-state index is 12.1. The van der Waals surface area contributed by atoms with Crippen molar-refractivity contribution in [3.63, 3.8) is 0 Å². The summed E-state index contributed by atoms with van der Waals surface area (Å²) in [5, 5.41) is 5.08. The molecule has 0 aromatic carbocycles. The van der Waals surface area contributed by atoms with Crippen LogP contribution in [0, 0.1) is 6.92 Å².